The minimum atomic E-state index is -0.620. The minimum Gasteiger partial charge on any atom is -0.296 e. The van der Waals surface area contributed by atoms with Crippen molar-refractivity contribution in [2.45, 2.75) is 0 Å². The van der Waals surface area contributed by atoms with E-state index in [4.69, 9.17) is 0 Å². The van der Waals surface area contributed by atoms with Crippen LogP contribution in [0.5, 0.6) is 0 Å². The van der Waals surface area contributed by atoms with Crippen molar-refractivity contribution in [1.29, 1.82) is 0 Å². The molecule has 0 bridgehead atoms. The van der Waals surface area contributed by atoms with Crippen LogP contribution < -0.4 is 0 Å². The van der Waals surface area contributed by atoms with Gasteiger partial charge in [-0.2, -0.15) is 4.39 Å². The maximum atomic E-state index is 13.5. The predicted octanol–water partition coefficient (Wildman–Crippen LogP) is 2.70. The van der Waals surface area contributed by atoms with Gasteiger partial charge in [0.1, 0.15) is 5.69 Å². The zero-order chi connectivity index (χ0) is 10.7. The van der Waals surface area contributed by atoms with E-state index < -0.39 is 5.95 Å². The summed E-state index contributed by atoms with van der Waals surface area (Å²) in [6.07, 6.45) is 0.526. The third-order valence-electron chi connectivity index (χ3n) is 2.08. The van der Waals surface area contributed by atoms with Crippen LogP contribution in [-0.2, 0) is 0 Å². The van der Waals surface area contributed by atoms with Crippen LogP contribution in [0.1, 0.15) is 10.5 Å². The molecule has 2 nitrogen and oxygen atoms in total. The molecule has 15 heavy (non-hydrogen) atoms. The van der Waals surface area contributed by atoms with Gasteiger partial charge >= 0.3 is 0 Å². The summed E-state index contributed by atoms with van der Waals surface area (Å²) >= 11 is 0. The second-order valence-corrected chi connectivity index (χ2v) is 3.06. The molecule has 0 N–H and O–H groups in total. The molecule has 0 spiro atoms. The first-order valence-corrected chi connectivity index (χ1v) is 4.48. The molecule has 0 amide bonds. The first-order chi connectivity index (χ1) is 7.31. The average Bonchev–Trinajstić information content (AvgIpc) is 2.30. The van der Waals surface area contributed by atoms with Crippen LogP contribution in [0.25, 0.3) is 11.1 Å². The van der Waals surface area contributed by atoms with Crippen LogP contribution in [0.15, 0.2) is 42.5 Å². The standard InChI is InChI=1S/C12H8FNO/c13-12-11(7-6-10(8-15)14-12)9-4-2-1-3-5-9/h1-8H. The summed E-state index contributed by atoms with van der Waals surface area (Å²) in [7, 11) is 0. The lowest BCUT2D eigenvalue weighted by Crippen LogP contribution is -1.93. The van der Waals surface area contributed by atoms with Crippen molar-refractivity contribution in [3.05, 3.63) is 54.1 Å². The Hall–Kier alpha value is -2.03. The summed E-state index contributed by atoms with van der Waals surface area (Å²) in [5, 5.41) is 0. The molecule has 0 aliphatic rings. The Bertz CT molecular complexity index is 482. The number of carbonyl (C=O) groups excluding carboxylic acids is 1. The molecule has 0 atom stereocenters. The number of aromatic nitrogens is 1. The van der Waals surface area contributed by atoms with E-state index in [1.807, 2.05) is 18.2 Å². The molecule has 0 aliphatic heterocycles. The molecule has 1 heterocycles. The van der Waals surface area contributed by atoms with Crippen molar-refractivity contribution in [2.75, 3.05) is 0 Å². The maximum Gasteiger partial charge on any atom is 0.221 e. The second kappa shape index (κ2) is 4.00. The lowest BCUT2D eigenvalue weighted by molar-refractivity contribution is 0.111. The van der Waals surface area contributed by atoms with Crippen LogP contribution in [0.4, 0.5) is 4.39 Å². The third kappa shape index (κ3) is 1.91. The summed E-state index contributed by atoms with van der Waals surface area (Å²) in [5.74, 6) is -0.620. The molecule has 1 aromatic carbocycles. The fraction of sp³-hybridized carbons (Fsp3) is 0. The Kier molecular flexibility index (Phi) is 2.54. The number of halogens is 1. The van der Waals surface area contributed by atoms with Crippen LogP contribution in [0.2, 0.25) is 0 Å². The SMILES string of the molecule is O=Cc1ccc(-c2ccccc2)c(F)n1. The van der Waals surface area contributed by atoms with Gasteiger partial charge in [0.15, 0.2) is 6.29 Å². The minimum absolute atomic E-state index is 0.104. The predicted molar refractivity (Wildman–Crippen MR) is 55.0 cm³/mol. The lowest BCUT2D eigenvalue weighted by atomic mass is 10.1. The fourth-order valence-electron chi connectivity index (χ4n) is 1.35. The van der Waals surface area contributed by atoms with Gasteiger partial charge in [-0.25, -0.2) is 4.98 Å². The highest BCUT2D eigenvalue weighted by Gasteiger charge is 2.06. The quantitative estimate of drug-likeness (QED) is 0.552. The number of benzene rings is 1. The topological polar surface area (TPSA) is 30.0 Å². The summed E-state index contributed by atoms with van der Waals surface area (Å²) in [6, 6.07) is 12.1. The van der Waals surface area contributed by atoms with Gasteiger partial charge in [0.2, 0.25) is 5.95 Å². The zero-order valence-corrected chi connectivity index (χ0v) is 7.85. The number of hydrogen-bond donors (Lipinski definition) is 0. The molecular weight excluding hydrogens is 193 g/mol. The van der Waals surface area contributed by atoms with E-state index in [9.17, 15) is 9.18 Å². The third-order valence-corrected chi connectivity index (χ3v) is 2.08. The highest BCUT2D eigenvalue weighted by atomic mass is 19.1. The Morgan fingerprint density at radius 1 is 1.07 bits per heavy atom. The highest BCUT2D eigenvalue weighted by Crippen LogP contribution is 2.20. The molecule has 74 valence electrons. The number of rotatable bonds is 2. The highest BCUT2D eigenvalue weighted by molar-refractivity contribution is 5.73. The number of aldehydes is 1. The van der Waals surface area contributed by atoms with Gasteiger partial charge in [-0.05, 0) is 17.7 Å². The molecule has 2 rings (SSSR count). The second-order valence-electron chi connectivity index (χ2n) is 3.06. The van der Waals surface area contributed by atoms with E-state index in [-0.39, 0.29) is 5.69 Å². The van der Waals surface area contributed by atoms with Crippen molar-refractivity contribution in [3.8, 4) is 11.1 Å². The van der Waals surface area contributed by atoms with Gasteiger partial charge in [0.05, 0.1) is 0 Å². The van der Waals surface area contributed by atoms with E-state index in [0.29, 0.717) is 11.8 Å². The van der Waals surface area contributed by atoms with Gasteiger partial charge in [-0.1, -0.05) is 30.3 Å². The molecular formula is C12H8FNO. The van der Waals surface area contributed by atoms with E-state index in [1.165, 1.54) is 6.07 Å². The Balaban J connectivity index is 2.51. The van der Waals surface area contributed by atoms with Crippen LogP contribution in [0.3, 0.4) is 0 Å². The molecule has 0 saturated carbocycles. The Labute approximate surface area is 86.4 Å². The van der Waals surface area contributed by atoms with Gasteiger partial charge in [-0.15, -0.1) is 0 Å². The number of pyridine rings is 1. The fourth-order valence-corrected chi connectivity index (χ4v) is 1.35. The zero-order valence-electron chi connectivity index (χ0n) is 7.85. The summed E-state index contributed by atoms with van der Waals surface area (Å²) in [5.41, 5.74) is 1.26. The van der Waals surface area contributed by atoms with E-state index in [2.05, 4.69) is 4.98 Å². The summed E-state index contributed by atoms with van der Waals surface area (Å²) in [4.78, 5) is 13.9. The van der Waals surface area contributed by atoms with Gasteiger partial charge < -0.3 is 0 Å². The van der Waals surface area contributed by atoms with E-state index in [1.54, 1.807) is 18.2 Å². The van der Waals surface area contributed by atoms with Crippen LogP contribution >= 0.6 is 0 Å². The van der Waals surface area contributed by atoms with Crippen molar-refractivity contribution in [3.63, 3.8) is 0 Å². The van der Waals surface area contributed by atoms with Gasteiger partial charge in [0.25, 0.3) is 0 Å². The summed E-state index contributed by atoms with van der Waals surface area (Å²) < 4.78 is 13.5. The van der Waals surface area contributed by atoms with Crippen molar-refractivity contribution in [2.24, 2.45) is 0 Å². The average molecular weight is 201 g/mol. The molecule has 2 aromatic rings. The monoisotopic (exact) mass is 201 g/mol. The molecule has 0 saturated heterocycles. The van der Waals surface area contributed by atoms with E-state index >= 15 is 0 Å². The molecule has 0 aliphatic carbocycles. The van der Waals surface area contributed by atoms with Crippen molar-refractivity contribution in [1.82, 2.24) is 4.98 Å². The number of hydrogen-bond acceptors (Lipinski definition) is 2. The van der Waals surface area contributed by atoms with Crippen LogP contribution in [0, 0.1) is 5.95 Å². The normalized spacial score (nSPS) is 9.93. The first kappa shape index (κ1) is 9.52. The summed E-state index contributed by atoms with van der Waals surface area (Å²) in [6.45, 7) is 0. The Morgan fingerprint density at radius 3 is 2.40 bits per heavy atom. The molecule has 1 aromatic heterocycles. The van der Waals surface area contributed by atoms with E-state index in [0.717, 1.165) is 5.56 Å². The number of nitrogens with zero attached hydrogens (tertiary/aromatic N) is 1. The maximum absolute atomic E-state index is 13.5. The molecule has 0 fully saturated rings. The molecule has 0 unspecified atom stereocenters. The van der Waals surface area contributed by atoms with Crippen molar-refractivity contribution < 1.29 is 9.18 Å². The van der Waals surface area contributed by atoms with Crippen LogP contribution in [-0.4, -0.2) is 11.3 Å². The molecule has 0 radical (unpaired) electrons. The smallest absolute Gasteiger partial charge is 0.221 e. The van der Waals surface area contributed by atoms with Gasteiger partial charge in [-0.3, -0.25) is 4.79 Å². The van der Waals surface area contributed by atoms with Crippen molar-refractivity contribution >= 4 is 6.29 Å². The lowest BCUT2D eigenvalue weighted by Gasteiger charge is -2.02. The first-order valence-electron chi connectivity index (χ1n) is 4.48. The van der Waals surface area contributed by atoms with Gasteiger partial charge in [0, 0.05) is 5.56 Å². The largest absolute Gasteiger partial charge is 0.296 e. The number of carbonyl (C=O) groups is 1. The molecule has 3 heteroatoms. The Morgan fingerprint density at radius 2 is 1.80 bits per heavy atom.